The maximum absolute atomic E-state index is 12.9. The highest BCUT2D eigenvalue weighted by Crippen LogP contribution is 2.26. The Morgan fingerprint density at radius 2 is 1.76 bits per heavy atom. The minimum Gasteiger partial charge on any atom is -0.305 e. The van der Waals surface area contributed by atoms with Gasteiger partial charge in [0.15, 0.2) is 11.2 Å². The highest BCUT2D eigenvalue weighted by Gasteiger charge is 2.20. The van der Waals surface area contributed by atoms with Gasteiger partial charge in [-0.05, 0) is 17.2 Å². The molecule has 0 N–H and O–H groups in total. The van der Waals surface area contributed by atoms with E-state index in [2.05, 4.69) is 9.97 Å². The van der Waals surface area contributed by atoms with Gasteiger partial charge in [0.1, 0.15) is 0 Å². The van der Waals surface area contributed by atoms with Crippen LogP contribution in [0.5, 0.6) is 0 Å². The minimum atomic E-state index is -0.398. The lowest BCUT2D eigenvalue weighted by Gasteiger charge is -2.09. The highest BCUT2D eigenvalue weighted by molar-refractivity contribution is 5.78. The molecule has 0 aliphatic rings. The molecule has 4 heterocycles. The van der Waals surface area contributed by atoms with Gasteiger partial charge < -0.3 is 4.57 Å². The number of hydrogen-bond acceptors (Lipinski definition) is 4. The third-order valence-electron chi connectivity index (χ3n) is 5.19. The zero-order valence-corrected chi connectivity index (χ0v) is 16.0. The maximum Gasteiger partial charge on any atom is 0.332 e. The summed E-state index contributed by atoms with van der Waals surface area (Å²) in [6, 6.07) is 13.8. The number of hydrogen-bond donors (Lipinski definition) is 0. The molecule has 0 atom stereocenters. The lowest BCUT2D eigenvalue weighted by Crippen LogP contribution is -2.37. The van der Waals surface area contributed by atoms with Crippen molar-refractivity contribution in [2.75, 3.05) is 0 Å². The van der Waals surface area contributed by atoms with E-state index in [9.17, 15) is 9.59 Å². The summed E-state index contributed by atoms with van der Waals surface area (Å²) in [6.07, 6.45) is 5.45. The topological polar surface area (TPSA) is 79.1 Å². The smallest absolute Gasteiger partial charge is 0.305 e. The number of aromatic nitrogens is 6. The van der Waals surface area contributed by atoms with E-state index in [0.717, 1.165) is 21.4 Å². The number of nitrogens with zero attached hydrogens (tertiary/aromatic N) is 6. The summed E-state index contributed by atoms with van der Waals surface area (Å²) >= 11 is 0. The molecular weight excluding hydrogens is 368 g/mol. The van der Waals surface area contributed by atoms with Crippen LogP contribution < -0.4 is 11.2 Å². The Kier molecular flexibility index (Phi) is 3.73. The van der Waals surface area contributed by atoms with E-state index in [1.54, 1.807) is 17.6 Å². The standard InChI is InChI=1S/C21H18N6O2/c1-24-18-17(19(28)25(2)21(24)29)27-13-16(15-8-4-3-5-9-15)26(20(27)23-18)12-14-7-6-10-22-11-14/h3-11,13H,12H2,1-2H3. The second-order valence-corrected chi connectivity index (χ2v) is 6.99. The van der Waals surface area contributed by atoms with Crippen LogP contribution in [0, 0.1) is 0 Å². The van der Waals surface area contributed by atoms with Crippen molar-refractivity contribution in [3.63, 3.8) is 0 Å². The largest absolute Gasteiger partial charge is 0.332 e. The molecule has 8 heteroatoms. The Hall–Kier alpha value is -3.94. The summed E-state index contributed by atoms with van der Waals surface area (Å²) in [5, 5.41) is 0. The van der Waals surface area contributed by atoms with Crippen molar-refractivity contribution >= 4 is 16.9 Å². The highest BCUT2D eigenvalue weighted by atomic mass is 16.2. The predicted molar refractivity (Wildman–Crippen MR) is 110 cm³/mol. The van der Waals surface area contributed by atoms with Gasteiger partial charge in [0, 0.05) is 32.7 Å². The molecule has 4 aromatic heterocycles. The van der Waals surface area contributed by atoms with Crippen LogP contribution in [0.15, 0.2) is 70.6 Å². The third kappa shape index (κ3) is 2.53. The molecule has 0 saturated carbocycles. The first-order chi connectivity index (χ1) is 14.1. The zero-order chi connectivity index (χ0) is 20.1. The molecule has 8 nitrogen and oxygen atoms in total. The molecule has 0 aliphatic carbocycles. The average molecular weight is 386 g/mol. The second kappa shape index (κ2) is 6.30. The Labute approximate surface area is 164 Å². The van der Waals surface area contributed by atoms with Crippen LogP contribution in [-0.4, -0.2) is 28.1 Å². The Morgan fingerprint density at radius 1 is 0.966 bits per heavy atom. The first-order valence-corrected chi connectivity index (χ1v) is 9.18. The van der Waals surface area contributed by atoms with E-state index in [4.69, 9.17) is 0 Å². The van der Waals surface area contributed by atoms with Crippen molar-refractivity contribution in [1.82, 2.24) is 28.1 Å². The predicted octanol–water partition coefficient (Wildman–Crippen LogP) is 1.80. The molecule has 0 unspecified atom stereocenters. The summed E-state index contributed by atoms with van der Waals surface area (Å²) in [4.78, 5) is 34.1. The van der Waals surface area contributed by atoms with E-state index < -0.39 is 5.69 Å². The van der Waals surface area contributed by atoms with E-state index in [1.165, 1.54) is 11.6 Å². The summed E-state index contributed by atoms with van der Waals surface area (Å²) < 4.78 is 6.32. The van der Waals surface area contributed by atoms with E-state index in [1.807, 2.05) is 59.4 Å². The summed E-state index contributed by atoms with van der Waals surface area (Å²) in [7, 11) is 3.11. The Balaban J connectivity index is 1.88. The van der Waals surface area contributed by atoms with E-state index in [-0.39, 0.29) is 5.56 Å². The second-order valence-electron chi connectivity index (χ2n) is 6.99. The van der Waals surface area contributed by atoms with Gasteiger partial charge in [-0.1, -0.05) is 36.4 Å². The fourth-order valence-electron chi connectivity index (χ4n) is 3.68. The van der Waals surface area contributed by atoms with Crippen molar-refractivity contribution in [2.24, 2.45) is 14.1 Å². The molecule has 0 spiro atoms. The molecule has 0 fully saturated rings. The number of pyridine rings is 1. The van der Waals surface area contributed by atoms with Crippen molar-refractivity contribution in [1.29, 1.82) is 0 Å². The van der Waals surface area contributed by atoms with E-state index >= 15 is 0 Å². The molecule has 1 aromatic carbocycles. The van der Waals surface area contributed by atoms with Crippen LogP contribution in [0.3, 0.4) is 0 Å². The van der Waals surface area contributed by atoms with Crippen molar-refractivity contribution in [3.05, 3.63) is 87.5 Å². The number of fused-ring (bicyclic) bond motifs is 3. The number of benzene rings is 1. The van der Waals surface area contributed by atoms with Gasteiger partial charge in [0.2, 0.25) is 5.78 Å². The van der Waals surface area contributed by atoms with Crippen LogP contribution in [-0.2, 0) is 20.6 Å². The van der Waals surface area contributed by atoms with E-state index in [0.29, 0.717) is 23.5 Å². The monoisotopic (exact) mass is 386 g/mol. The Bertz CT molecular complexity index is 1470. The van der Waals surface area contributed by atoms with Crippen molar-refractivity contribution < 1.29 is 0 Å². The number of aryl methyl sites for hydroxylation is 1. The quantitative estimate of drug-likeness (QED) is 0.474. The first-order valence-electron chi connectivity index (χ1n) is 9.18. The van der Waals surface area contributed by atoms with Gasteiger partial charge in [-0.25, -0.2) is 4.79 Å². The molecule has 0 saturated heterocycles. The minimum absolute atomic E-state index is 0.367. The van der Waals surface area contributed by atoms with Gasteiger partial charge >= 0.3 is 5.69 Å². The van der Waals surface area contributed by atoms with Crippen LogP contribution in [0.25, 0.3) is 28.2 Å². The molecule has 0 amide bonds. The van der Waals surface area contributed by atoms with Gasteiger partial charge in [-0.3, -0.25) is 23.3 Å². The fraction of sp³-hybridized carbons (Fsp3) is 0.143. The lowest BCUT2D eigenvalue weighted by atomic mass is 10.1. The average Bonchev–Trinajstić information content (AvgIpc) is 3.29. The van der Waals surface area contributed by atoms with Gasteiger partial charge in [-0.15, -0.1) is 0 Å². The molecule has 5 aromatic rings. The summed E-state index contributed by atoms with van der Waals surface area (Å²) in [6.45, 7) is 0.534. The van der Waals surface area contributed by atoms with Gasteiger partial charge in [-0.2, -0.15) is 4.98 Å². The molecule has 144 valence electrons. The maximum atomic E-state index is 12.9. The molecule has 0 radical (unpaired) electrons. The van der Waals surface area contributed by atoms with Gasteiger partial charge in [0.25, 0.3) is 5.56 Å². The molecule has 0 aliphatic heterocycles. The molecule has 0 bridgehead atoms. The molecule has 29 heavy (non-hydrogen) atoms. The Morgan fingerprint density at radius 3 is 2.48 bits per heavy atom. The normalized spacial score (nSPS) is 11.5. The van der Waals surface area contributed by atoms with Crippen molar-refractivity contribution in [2.45, 2.75) is 6.54 Å². The zero-order valence-electron chi connectivity index (χ0n) is 16.0. The summed E-state index contributed by atoms with van der Waals surface area (Å²) in [5.74, 6) is 0.598. The molecular formula is C21H18N6O2. The third-order valence-corrected chi connectivity index (χ3v) is 5.19. The number of rotatable bonds is 3. The fourth-order valence-corrected chi connectivity index (χ4v) is 3.68. The first kappa shape index (κ1) is 17.2. The van der Waals surface area contributed by atoms with Gasteiger partial charge in [0.05, 0.1) is 12.2 Å². The van der Waals surface area contributed by atoms with Crippen LogP contribution >= 0.6 is 0 Å². The van der Waals surface area contributed by atoms with Crippen LogP contribution in [0.2, 0.25) is 0 Å². The molecule has 5 rings (SSSR count). The summed E-state index contributed by atoms with van der Waals surface area (Å²) in [5.41, 5.74) is 2.93. The van der Waals surface area contributed by atoms with Crippen molar-refractivity contribution in [3.8, 4) is 11.3 Å². The SMILES string of the molecule is Cn1c(=O)c2c(nc3n(Cc4cccnc4)c(-c4ccccc4)cn23)n(C)c1=O. The number of imidazole rings is 2. The van der Waals surface area contributed by atoms with Crippen LogP contribution in [0.4, 0.5) is 0 Å². The van der Waals surface area contributed by atoms with Crippen LogP contribution in [0.1, 0.15) is 5.56 Å². The lowest BCUT2D eigenvalue weighted by molar-refractivity contribution is 0.707.